The van der Waals surface area contributed by atoms with Crippen LogP contribution in [0.15, 0.2) is 16.5 Å². The smallest absolute Gasteiger partial charge is 0.129 e. The molecule has 1 aromatic heterocycles. The van der Waals surface area contributed by atoms with Crippen LogP contribution in [-0.4, -0.2) is 23.1 Å². The Morgan fingerprint density at radius 2 is 1.85 bits per heavy atom. The standard InChI is InChI=1S/C10H17NO2/c1-3-11(4-2)7-9-5-6-10(8-12)13-9/h5-6,12H,3-4,7-8H2,1-2H3. The number of aliphatic hydroxyl groups excluding tert-OH is 1. The van der Waals surface area contributed by atoms with Crippen molar-refractivity contribution >= 4 is 0 Å². The van der Waals surface area contributed by atoms with E-state index in [2.05, 4.69) is 18.7 Å². The molecule has 0 amide bonds. The van der Waals surface area contributed by atoms with Crippen molar-refractivity contribution in [3.05, 3.63) is 23.7 Å². The van der Waals surface area contributed by atoms with E-state index in [0.717, 1.165) is 25.4 Å². The first kappa shape index (κ1) is 10.3. The molecule has 0 unspecified atom stereocenters. The maximum Gasteiger partial charge on any atom is 0.129 e. The molecule has 0 aliphatic carbocycles. The van der Waals surface area contributed by atoms with Gasteiger partial charge in [-0.1, -0.05) is 13.8 Å². The zero-order chi connectivity index (χ0) is 9.68. The van der Waals surface area contributed by atoms with Gasteiger partial charge in [-0.2, -0.15) is 0 Å². The van der Waals surface area contributed by atoms with E-state index < -0.39 is 0 Å². The van der Waals surface area contributed by atoms with Crippen molar-refractivity contribution < 1.29 is 9.52 Å². The average molecular weight is 183 g/mol. The quantitative estimate of drug-likeness (QED) is 0.753. The molecular weight excluding hydrogens is 166 g/mol. The van der Waals surface area contributed by atoms with Crippen molar-refractivity contribution in [2.75, 3.05) is 13.1 Å². The van der Waals surface area contributed by atoms with Crippen LogP contribution >= 0.6 is 0 Å². The van der Waals surface area contributed by atoms with Crippen molar-refractivity contribution in [1.29, 1.82) is 0 Å². The van der Waals surface area contributed by atoms with Crippen molar-refractivity contribution in [2.24, 2.45) is 0 Å². The molecule has 0 atom stereocenters. The van der Waals surface area contributed by atoms with Gasteiger partial charge < -0.3 is 9.52 Å². The first-order chi connectivity index (χ1) is 6.30. The zero-order valence-corrected chi connectivity index (χ0v) is 8.29. The van der Waals surface area contributed by atoms with Crippen molar-refractivity contribution in [3.8, 4) is 0 Å². The molecule has 0 radical (unpaired) electrons. The lowest BCUT2D eigenvalue weighted by atomic mass is 10.4. The molecule has 0 bridgehead atoms. The zero-order valence-electron chi connectivity index (χ0n) is 8.29. The highest BCUT2D eigenvalue weighted by Gasteiger charge is 2.04. The molecule has 3 nitrogen and oxygen atoms in total. The molecule has 0 aliphatic rings. The van der Waals surface area contributed by atoms with Crippen LogP contribution in [0.25, 0.3) is 0 Å². The molecule has 13 heavy (non-hydrogen) atoms. The first-order valence-electron chi connectivity index (χ1n) is 4.71. The summed E-state index contributed by atoms with van der Waals surface area (Å²) in [6, 6.07) is 3.74. The maximum absolute atomic E-state index is 8.79. The van der Waals surface area contributed by atoms with Crippen LogP contribution in [0.3, 0.4) is 0 Å². The van der Waals surface area contributed by atoms with Crippen LogP contribution in [0.1, 0.15) is 25.4 Å². The fourth-order valence-corrected chi connectivity index (χ4v) is 1.26. The van der Waals surface area contributed by atoms with Crippen molar-refractivity contribution in [3.63, 3.8) is 0 Å². The predicted molar refractivity (Wildman–Crippen MR) is 51.3 cm³/mol. The minimum Gasteiger partial charge on any atom is -0.462 e. The van der Waals surface area contributed by atoms with E-state index in [-0.39, 0.29) is 6.61 Å². The summed E-state index contributed by atoms with van der Waals surface area (Å²) in [5.41, 5.74) is 0. The predicted octanol–water partition coefficient (Wildman–Crippen LogP) is 1.61. The molecule has 0 fully saturated rings. The lowest BCUT2D eigenvalue weighted by Crippen LogP contribution is -2.21. The highest BCUT2D eigenvalue weighted by atomic mass is 16.4. The first-order valence-corrected chi connectivity index (χ1v) is 4.71. The Hall–Kier alpha value is -0.800. The summed E-state index contributed by atoms with van der Waals surface area (Å²) in [7, 11) is 0. The molecule has 1 N–H and O–H groups in total. The summed E-state index contributed by atoms with van der Waals surface area (Å²) in [5.74, 6) is 1.56. The molecule has 0 saturated heterocycles. The second-order valence-electron chi connectivity index (χ2n) is 2.99. The van der Waals surface area contributed by atoms with Gasteiger partial charge in [0.05, 0.1) is 6.54 Å². The molecular formula is C10H17NO2. The van der Waals surface area contributed by atoms with Gasteiger partial charge in [-0.15, -0.1) is 0 Å². The molecule has 3 heteroatoms. The molecule has 1 aromatic rings. The Balaban J connectivity index is 2.52. The minimum absolute atomic E-state index is 0.0156. The summed E-state index contributed by atoms with van der Waals surface area (Å²) >= 11 is 0. The third-order valence-corrected chi connectivity index (χ3v) is 2.15. The molecule has 0 aliphatic heterocycles. The maximum atomic E-state index is 8.79. The van der Waals surface area contributed by atoms with E-state index in [0.29, 0.717) is 5.76 Å². The lowest BCUT2D eigenvalue weighted by Gasteiger charge is -2.15. The molecule has 0 spiro atoms. The van der Waals surface area contributed by atoms with Crippen LogP contribution in [0, 0.1) is 0 Å². The third kappa shape index (κ3) is 2.86. The fourth-order valence-electron chi connectivity index (χ4n) is 1.26. The van der Waals surface area contributed by atoms with Gasteiger partial charge in [-0.05, 0) is 25.2 Å². The van der Waals surface area contributed by atoms with Crippen molar-refractivity contribution in [1.82, 2.24) is 4.90 Å². The van der Waals surface area contributed by atoms with E-state index in [1.807, 2.05) is 12.1 Å². The van der Waals surface area contributed by atoms with Crippen molar-refractivity contribution in [2.45, 2.75) is 27.0 Å². The number of aliphatic hydroxyl groups is 1. The third-order valence-electron chi connectivity index (χ3n) is 2.15. The van der Waals surface area contributed by atoms with E-state index in [9.17, 15) is 0 Å². The topological polar surface area (TPSA) is 36.6 Å². The van der Waals surface area contributed by atoms with E-state index in [1.54, 1.807) is 0 Å². The van der Waals surface area contributed by atoms with Gasteiger partial charge in [0.2, 0.25) is 0 Å². The second-order valence-corrected chi connectivity index (χ2v) is 2.99. The largest absolute Gasteiger partial charge is 0.462 e. The second kappa shape index (κ2) is 5.04. The molecule has 74 valence electrons. The van der Waals surface area contributed by atoms with Gasteiger partial charge in [0.25, 0.3) is 0 Å². The Morgan fingerprint density at radius 3 is 2.31 bits per heavy atom. The van der Waals surface area contributed by atoms with E-state index in [4.69, 9.17) is 9.52 Å². The Kier molecular flexibility index (Phi) is 3.99. The number of rotatable bonds is 5. The van der Waals surface area contributed by atoms with Crippen LogP contribution in [-0.2, 0) is 13.2 Å². The number of hydrogen-bond donors (Lipinski definition) is 1. The number of hydrogen-bond acceptors (Lipinski definition) is 3. The SMILES string of the molecule is CCN(CC)Cc1ccc(CO)o1. The van der Waals surface area contributed by atoms with Gasteiger partial charge in [0.1, 0.15) is 18.1 Å². The van der Waals surface area contributed by atoms with Crippen LogP contribution < -0.4 is 0 Å². The van der Waals surface area contributed by atoms with Gasteiger partial charge in [0.15, 0.2) is 0 Å². The van der Waals surface area contributed by atoms with Crippen LogP contribution in [0.5, 0.6) is 0 Å². The summed E-state index contributed by atoms with van der Waals surface area (Å²) in [6.07, 6.45) is 0. The Labute approximate surface area is 79.0 Å². The van der Waals surface area contributed by atoms with E-state index >= 15 is 0 Å². The Bertz CT molecular complexity index is 241. The van der Waals surface area contributed by atoms with Crippen LogP contribution in [0.4, 0.5) is 0 Å². The van der Waals surface area contributed by atoms with Crippen LogP contribution in [0.2, 0.25) is 0 Å². The molecule has 0 saturated carbocycles. The van der Waals surface area contributed by atoms with Gasteiger partial charge >= 0.3 is 0 Å². The monoisotopic (exact) mass is 183 g/mol. The van der Waals surface area contributed by atoms with Gasteiger partial charge in [-0.3, -0.25) is 4.90 Å². The van der Waals surface area contributed by atoms with Gasteiger partial charge in [0, 0.05) is 0 Å². The normalized spacial score (nSPS) is 11.1. The summed E-state index contributed by atoms with van der Waals surface area (Å²) in [5, 5.41) is 8.79. The average Bonchev–Trinajstić information content (AvgIpc) is 2.61. The van der Waals surface area contributed by atoms with E-state index in [1.165, 1.54) is 0 Å². The van der Waals surface area contributed by atoms with Gasteiger partial charge in [-0.25, -0.2) is 0 Å². The minimum atomic E-state index is -0.0156. The fraction of sp³-hybridized carbons (Fsp3) is 0.600. The summed E-state index contributed by atoms with van der Waals surface area (Å²) < 4.78 is 5.38. The highest BCUT2D eigenvalue weighted by Crippen LogP contribution is 2.10. The highest BCUT2D eigenvalue weighted by molar-refractivity contribution is 5.06. The summed E-state index contributed by atoms with van der Waals surface area (Å²) in [6.45, 7) is 7.10. The molecule has 1 heterocycles. The molecule has 1 rings (SSSR count). The Morgan fingerprint density at radius 1 is 1.23 bits per heavy atom. The number of nitrogens with zero attached hydrogens (tertiary/aromatic N) is 1. The summed E-state index contributed by atoms with van der Waals surface area (Å²) in [4.78, 5) is 2.26. The lowest BCUT2D eigenvalue weighted by molar-refractivity contribution is 0.227. The number of furan rings is 1. The molecule has 0 aromatic carbocycles.